The summed E-state index contributed by atoms with van der Waals surface area (Å²) in [6.07, 6.45) is 2.71. The number of carbonyl (C=O) groups is 4. The molecule has 2 aliphatic heterocycles. The first-order valence-corrected chi connectivity index (χ1v) is 12.1. The molecule has 0 unspecified atom stereocenters. The van der Waals surface area contributed by atoms with Gasteiger partial charge in [0.05, 0.1) is 6.04 Å². The number of likely N-dealkylation sites (tertiary alicyclic amines) is 1. The lowest BCUT2D eigenvalue weighted by atomic mass is 9.91. The number of rotatable bonds is 8. The third-order valence-corrected chi connectivity index (χ3v) is 7.71. The zero-order valence-corrected chi connectivity index (χ0v) is 19.6. The van der Waals surface area contributed by atoms with Gasteiger partial charge in [-0.3, -0.25) is 19.2 Å². The molecule has 3 fully saturated rings. The highest BCUT2D eigenvalue weighted by molar-refractivity contribution is 5.96. The Morgan fingerprint density at radius 1 is 1.26 bits per heavy atom. The monoisotopic (exact) mass is 493 g/mol. The van der Waals surface area contributed by atoms with Crippen LogP contribution in [-0.4, -0.2) is 60.3 Å². The van der Waals surface area contributed by atoms with Crippen LogP contribution in [0.25, 0.3) is 0 Å². The number of hydrogen-bond acceptors (Lipinski definition) is 4. The Balaban J connectivity index is 1.57. The first kappa shape index (κ1) is 25.2. The van der Waals surface area contributed by atoms with Crippen molar-refractivity contribution < 1.29 is 32.3 Å². The van der Waals surface area contributed by atoms with E-state index in [0.717, 1.165) is 31.9 Å². The number of nitrogens with zero attached hydrogens (tertiary/aromatic N) is 1. The van der Waals surface area contributed by atoms with Crippen molar-refractivity contribution in [3.8, 4) is 0 Å². The van der Waals surface area contributed by atoms with Crippen molar-refractivity contribution in [3.05, 3.63) is 35.6 Å². The van der Waals surface area contributed by atoms with E-state index in [2.05, 4.69) is 10.6 Å². The molecule has 6 atom stereocenters. The third kappa shape index (κ3) is 4.92. The average Bonchev–Trinajstić information content (AvgIpc) is 3.53. The number of ketones is 1. The molecule has 7 nitrogen and oxygen atoms in total. The molecular formula is C25H30F3N3O4. The van der Waals surface area contributed by atoms with Gasteiger partial charge in [-0.2, -0.15) is 0 Å². The van der Waals surface area contributed by atoms with Crippen LogP contribution in [0.2, 0.25) is 0 Å². The molecule has 35 heavy (non-hydrogen) atoms. The molecule has 2 N–H and O–H groups in total. The van der Waals surface area contributed by atoms with Gasteiger partial charge < -0.3 is 15.5 Å². The van der Waals surface area contributed by atoms with Crippen molar-refractivity contribution in [3.63, 3.8) is 0 Å². The first-order valence-electron chi connectivity index (χ1n) is 12.1. The summed E-state index contributed by atoms with van der Waals surface area (Å²) < 4.78 is 42.8. The Bertz CT molecular complexity index is 1020. The van der Waals surface area contributed by atoms with Crippen LogP contribution in [0.5, 0.6) is 0 Å². The highest BCUT2D eigenvalue weighted by Gasteiger charge is 2.53. The van der Waals surface area contributed by atoms with Crippen LogP contribution in [0.15, 0.2) is 24.3 Å². The molecule has 0 spiro atoms. The average molecular weight is 494 g/mol. The van der Waals surface area contributed by atoms with Crippen LogP contribution in [0, 0.1) is 23.6 Å². The minimum absolute atomic E-state index is 0.00561. The van der Waals surface area contributed by atoms with E-state index in [9.17, 15) is 28.0 Å². The van der Waals surface area contributed by atoms with Crippen LogP contribution in [0.3, 0.4) is 0 Å². The van der Waals surface area contributed by atoms with Gasteiger partial charge in [-0.15, -0.1) is 0 Å². The van der Waals surface area contributed by atoms with Crippen molar-refractivity contribution in [1.82, 2.24) is 15.5 Å². The quantitative estimate of drug-likeness (QED) is 0.581. The Morgan fingerprint density at radius 3 is 2.69 bits per heavy atom. The van der Waals surface area contributed by atoms with Gasteiger partial charge in [0.2, 0.25) is 17.5 Å². The molecule has 2 heterocycles. The molecule has 1 aromatic rings. The molecule has 1 aromatic carbocycles. The number of halogens is 3. The number of nitrogens with one attached hydrogen (secondary N) is 2. The molecule has 0 aromatic heterocycles. The zero-order valence-electron chi connectivity index (χ0n) is 19.6. The maximum atomic E-state index is 15.8. The Hall–Kier alpha value is -2.91. The Labute approximate surface area is 201 Å². The predicted octanol–water partition coefficient (Wildman–Crippen LogP) is 2.19. The summed E-state index contributed by atoms with van der Waals surface area (Å²) in [6, 6.07) is 2.46. The SMILES string of the molecule is C[C@@](F)(C(=O)N1C[C@H]2CCC[C@H]2[C@H]1C(=O)N[C@@H](C[C@H]1CCNC1=O)C(=O)CF)c1cccc(F)c1. The van der Waals surface area contributed by atoms with Crippen LogP contribution in [-0.2, 0) is 24.8 Å². The van der Waals surface area contributed by atoms with Gasteiger partial charge >= 0.3 is 0 Å². The van der Waals surface area contributed by atoms with Gasteiger partial charge in [-0.25, -0.2) is 13.2 Å². The van der Waals surface area contributed by atoms with Crippen molar-refractivity contribution in [2.45, 2.75) is 56.8 Å². The maximum Gasteiger partial charge on any atom is 0.265 e. The van der Waals surface area contributed by atoms with Crippen molar-refractivity contribution in [1.29, 1.82) is 0 Å². The van der Waals surface area contributed by atoms with E-state index in [1.54, 1.807) is 0 Å². The van der Waals surface area contributed by atoms with E-state index >= 15 is 4.39 Å². The van der Waals surface area contributed by atoms with E-state index in [0.29, 0.717) is 19.4 Å². The van der Waals surface area contributed by atoms with Gasteiger partial charge in [-0.1, -0.05) is 18.6 Å². The normalized spacial score (nSPS) is 28.2. The minimum atomic E-state index is -2.57. The fraction of sp³-hybridized carbons (Fsp3) is 0.600. The second-order valence-electron chi connectivity index (χ2n) is 9.94. The summed E-state index contributed by atoms with van der Waals surface area (Å²) >= 11 is 0. The number of fused-ring (bicyclic) bond motifs is 1. The van der Waals surface area contributed by atoms with Crippen LogP contribution in [0.1, 0.15) is 44.6 Å². The van der Waals surface area contributed by atoms with Crippen molar-refractivity contribution in [2.24, 2.45) is 17.8 Å². The molecule has 2 saturated heterocycles. The van der Waals surface area contributed by atoms with Crippen LogP contribution in [0.4, 0.5) is 13.2 Å². The predicted molar refractivity (Wildman–Crippen MR) is 120 cm³/mol. The van der Waals surface area contributed by atoms with E-state index in [1.165, 1.54) is 17.0 Å². The highest BCUT2D eigenvalue weighted by atomic mass is 19.1. The summed E-state index contributed by atoms with van der Waals surface area (Å²) in [5.74, 6) is -4.17. The van der Waals surface area contributed by atoms with E-state index in [-0.39, 0.29) is 36.3 Å². The van der Waals surface area contributed by atoms with Crippen LogP contribution < -0.4 is 10.6 Å². The first-order chi connectivity index (χ1) is 16.6. The number of hydrogen-bond donors (Lipinski definition) is 2. The molecule has 10 heteroatoms. The van der Waals surface area contributed by atoms with E-state index < -0.39 is 53.8 Å². The Morgan fingerprint density at radius 2 is 2.03 bits per heavy atom. The molecule has 0 bridgehead atoms. The highest BCUT2D eigenvalue weighted by Crippen LogP contribution is 2.44. The Kier molecular flexibility index (Phi) is 7.19. The van der Waals surface area contributed by atoms with Gasteiger partial charge in [0.25, 0.3) is 5.91 Å². The summed E-state index contributed by atoms with van der Waals surface area (Å²) in [4.78, 5) is 52.3. The number of carbonyl (C=O) groups excluding carboxylic acids is 4. The number of amides is 3. The molecule has 1 saturated carbocycles. The molecule has 0 radical (unpaired) electrons. The summed E-state index contributed by atoms with van der Waals surface area (Å²) in [5.41, 5.74) is -2.73. The maximum absolute atomic E-state index is 15.8. The lowest BCUT2D eigenvalue weighted by Gasteiger charge is -2.33. The van der Waals surface area contributed by atoms with Gasteiger partial charge in [0.15, 0.2) is 5.78 Å². The number of Topliss-reactive ketones (excluding diaryl/α,β-unsaturated/α-hetero) is 1. The van der Waals surface area contributed by atoms with Crippen molar-refractivity contribution >= 4 is 23.5 Å². The lowest BCUT2D eigenvalue weighted by Crippen LogP contribution is -2.55. The van der Waals surface area contributed by atoms with Gasteiger partial charge in [0, 0.05) is 24.6 Å². The summed E-state index contributed by atoms with van der Waals surface area (Å²) in [5, 5.41) is 5.22. The molecular weight excluding hydrogens is 463 g/mol. The van der Waals surface area contributed by atoms with E-state index in [1.807, 2.05) is 0 Å². The zero-order chi connectivity index (χ0) is 25.3. The van der Waals surface area contributed by atoms with Gasteiger partial charge in [0.1, 0.15) is 18.5 Å². The second-order valence-corrected chi connectivity index (χ2v) is 9.94. The molecule has 190 valence electrons. The summed E-state index contributed by atoms with van der Waals surface area (Å²) in [7, 11) is 0. The van der Waals surface area contributed by atoms with Gasteiger partial charge in [-0.05, 0) is 56.6 Å². The second kappa shape index (κ2) is 9.99. The summed E-state index contributed by atoms with van der Waals surface area (Å²) in [6.45, 7) is 0.350. The lowest BCUT2D eigenvalue weighted by molar-refractivity contribution is -0.149. The minimum Gasteiger partial charge on any atom is -0.356 e. The number of alkyl halides is 2. The fourth-order valence-corrected chi connectivity index (χ4v) is 5.80. The molecule has 3 aliphatic rings. The smallest absolute Gasteiger partial charge is 0.265 e. The standard InChI is InChI=1S/C25H30F3N3O4/c1-25(28,16-5-3-6-17(27)11-16)24(35)31-13-15-4-2-7-18(15)21(31)23(34)30-19(20(32)12-26)10-14-8-9-29-22(14)33/h3,5-6,11,14-15,18-19,21H,2,4,7-10,12-13H2,1H3,(H,29,33)(H,30,34)/t14-,15-,18-,19+,21+,25+/m1/s1. The molecule has 3 amide bonds. The third-order valence-electron chi connectivity index (χ3n) is 7.71. The van der Waals surface area contributed by atoms with E-state index in [4.69, 9.17) is 0 Å². The van der Waals surface area contributed by atoms with Crippen molar-refractivity contribution in [2.75, 3.05) is 19.8 Å². The molecule has 4 rings (SSSR count). The largest absolute Gasteiger partial charge is 0.356 e. The number of benzene rings is 1. The van der Waals surface area contributed by atoms with Crippen LogP contribution >= 0.6 is 0 Å². The topological polar surface area (TPSA) is 95.6 Å². The fourth-order valence-electron chi connectivity index (χ4n) is 5.80. The molecule has 1 aliphatic carbocycles.